The summed E-state index contributed by atoms with van der Waals surface area (Å²) >= 11 is 0. The van der Waals surface area contributed by atoms with Crippen molar-refractivity contribution in [1.82, 2.24) is 34.7 Å². The molecule has 7 rings (SSSR count). The van der Waals surface area contributed by atoms with E-state index >= 15 is 0 Å². The third-order valence-corrected chi connectivity index (χ3v) is 8.02. The lowest BCUT2D eigenvalue weighted by Crippen LogP contribution is -2.44. The lowest BCUT2D eigenvalue weighted by Gasteiger charge is -2.33. The van der Waals surface area contributed by atoms with Crippen LogP contribution in [0.1, 0.15) is 35.8 Å². The zero-order valence-electron chi connectivity index (χ0n) is 21.3. The van der Waals surface area contributed by atoms with Gasteiger partial charge in [-0.25, -0.2) is 15.0 Å². The van der Waals surface area contributed by atoms with Crippen LogP contribution in [0.4, 0.5) is 5.82 Å². The Bertz CT molecular complexity index is 1460. The van der Waals surface area contributed by atoms with Crippen molar-refractivity contribution in [3.05, 3.63) is 72.1 Å². The Labute approximate surface area is 217 Å². The van der Waals surface area contributed by atoms with Crippen LogP contribution in [0.5, 0.6) is 0 Å². The van der Waals surface area contributed by atoms with Crippen molar-refractivity contribution in [3.63, 3.8) is 0 Å². The molecule has 0 saturated carbocycles. The standard InChI is InChI=1S/C29H32N8/c1-35-11-13-36(14-12-35)28-9-5-21(16-32-28)26-18-31-25-8-6-23(29(25)34-26)20-4-7-24-27(15-20)37(19-33-24)22-3-2-10-30-17-22/h4-7,9,15-16,18-19,22,30H,2-3,8,10-14,17H2,1H3. The van der Waals surface area contributed by atoms with Gasteiger partial charge in [0.25, 0.3) is 0 Å². The second kappa shape index (κ2) is 9.36. The van der Waals surface area contributed by atoms with Crippen LogP contribution in [0.15, 0.2) is 55.1 Å². The van der Waals surface area contributed by atoms with E-state index < -0.39 is 0 Å². The average Bonchev–Trinajstić information content (AvgIpc) is 3.58. The number of piperidine rings is 1. The number of hydrogen-bond acceptors (Lipinski definition) is 7. The molecule has 188 valence electrons. The van der Waals surface area contributed by atoms with Gasteiger partial charge < -0.3 is 19.7 Å². The molecule has 0 radical (unpaired) electrons. The van der Waals surface area contributed by atoms with Crippen molar-refractivity contribution in [2.75, 3.05) is 51.2 Å². The first-order chi connectivity index (χ1) is 18.2. The highest BCUT2D eigenvalue weighted by Crippen LogP contribution is 2.34. The molecule has 2 saturated heterocycles. The molecular weight excluding hydrogens is 460 g/mol. The second-order valence-corrected chi connectivity index (χ2v) is 10.4. The summed E-state index contributed by atoms with van der Waals surface area (Å²) in [5.74, 6) is 1.03. The summed E-state index contributed by atoms with van der Waals surface area (Å²) in [7, 11) is 2.17. The van der Waals surface area contributed by atoms with Crippen LogP contribution >= 0.6 is 0 Å². The molecule has 2 fully saturated rings. The van der Waals surface area contributed by atoms with E-state index in [4.69, 9.17) is 15.0 Å². The van der Waals surface area contributed by atoms with Gasteiger partial charge in [-0.1, -0.05) is 12.1 Å². The molecule has 1 aliphatic carbocycles. The summed E-state index contributed by atoms with van der Waals surface area (Å²) < 4.78 is 2.34. The van der Waals surface area contributed by atoms with Crippen LogP contribution in [0.25, 0.3) is 27.9 Å². The van der Waals surface area contributed by atoms with Gasteiger partial charge in [0.2, 0.25) is 0 Å². The van der Waals surface area contributed by atoms with E-state index in [1.54, 1.807) is 0 Å². The van der Waals surface area contributed by atoms with Gasteiger partial charge in [0, 0.05) is 62.5 Å². The van der Waals surface area contributed by atoms with Crippen molar-refractivity contribution < 1.29 is 0 Å². The van der Waals surface area contributed by atoms with Crippen molar-refractivity contribution in [2.45, 2.75) is 25.3 Å². The van der Waals surface area contributed by atoms with Crippen molar-refractivity contribution >= 4 is 22.4 Å². The van der Waals surface area contributed by atoms with E-state index in [2.05, 4.69) is 68.1 Å². The van der Waals surface area contributed by atoms with Gasteiger partial charge in [-0.15, -0.1) is 0 Å². The van der Waals surface area contributed by atoms with Crippen LogP contribution in [0, 0.1) is 0 Å². The quantitative estimate of drug-likeness (QED) is 0.467. The van der Waals surface area contributed by atoms with Gasteiger partial charge in [-0.05, 0) is 56.3 Å². The predicted molar refractivity (Wildman–Crippen MR) is 147 cm³/mol. The van der Waals surface area contributed by atoms with Gasteiger partial charge in [0.15, 0.2) is 0 Å². The van der Waals surface area contributed by atoms with Gasteiger partial charge in [0.05, 0.1) is 40.6 Å². The van der Waals surface area contributed by atoms with Crippen molar-refractivity contribution in [2.24, 2.45) is 0 Å². The molecule has 4 aromatic rings. The van der Waals surface area contributed by atoms with Crippen LogP contribution in [-0.4, -0.2) is 75.7 Å². The molecular formula is C29H32N8. The number of pyridine rings is 1. The van der Waals surface area contributed by atoms with E-state index in [0.717, 1.165) is 85.2 Å². The topological polar surface area (TPSA) is 75.0 Å². The maximum Gasteiger partial charge on any atom is 0.128 e. The molecule has 0 amide bonds. The number of allylic oxidation sites excluding steroid dienone is 1. The highest BCUT2D eigenvalue weighted by atomic mass is 15.3. The first kappa shape index (κ1) is 22.6. The van der Waals surface area contributed by atoms with Crippen LogP contribution < -0.4 is 10.2 Å². The van der Waals surface area contributed by atoms with E-state index in [9.17, 15) is 0 Å². The minimum absolute atomic E-state index is 0.451. The third kappa shape index (κ3) is 4.20. The summed E-state index contributed by atoms with van der Waals surface area (Å²) in [5.41, 5.74) is 8.43. The van der Waals surface area contributed by atoms with Crippen LogP contribution in [-0.2, 0) is 6.42 Å². The Balaban J connectivity index is 1.17. The van der Waals surface area contributed by atoms with E-state index in [1.807, 2.05) is 18.7 Å². The Kier molecular flexibility index (Phi) is 5.71. The van der Waals surface area contributed by atoms with Gasteiger partial charge in [-0.3, -0.25) is 4.98 Å². The molecule has 8 heteroatoms. The number of hydrogen-bond donors (Lipinski definition) is 1. The number of nitrogens with zero attached hydrogens (tertiary/aromatic N) is 7. The number of nitrogens with one attached hydrogen (secondary N) is 1. The van der Waals surface area contributed by atoms with Crippen LogP contribution in [0.2, 0.25) is 0 Å². The number of rotatable bonds is 4. The Morgan fingerprint density at radius 3 is 2.65 bits per heavy atom. The largest absolute Gasteiger partial charge is 0.354 e. The fourth-order valence-electron chi connectivity index (χ4n) is 5.78. The molecule has 1 aromatic carbocycles. The lowest BCUT2D eigenvalue weighted by atomic mass is 10.0. The normalized spacial score (nSPS) is 20.3. The summed E-state index contributed by atoms with van der Waals surface area (Å²) in [6.07, 6.45) is 11.3. The minimum atomic E-state index is 0.451. The summed E-state index contributed by atoms with van der Waals surface area (Å²) in [4.78, 5) is 24.0. The summed E-state index contributed by atoms with van der Waals surface area (Å²) in [6, 6.07) is 11.3. The highest BCUT2D eigenvalue weighted by Gasteiger charge is 2.22. The molecule has 1 atom stereocenters. The zero-order valence-corrected chi connectivity index (χ0v) is 21.3. The molecule has 0 spiro atoms. The van der Waals surface area contributed by atoms with Gasteiger partial charge in [-0.2, -0.15) is 0 Å². The number of aromatic nitrogens is 5. The third-order valence-electron chi connectivity index (χ3n) is 8.02. The molecule has 1 N–H and O–H groups in total. The number of piperazine rings is 1. The maximum absolute atomic E-state index is 5.09. The minimum Gasteiger partial charge on any atom is -0.354 e. The van der Waals surface area contributed by atoms with Crippen molar-refractivity contribution in [3.8, 4) is 11.3 Å². The first-order valence-corrected chi connectivity index (χ1v) is 13.4. The number of imidazole rings is 1. The highest BCUT2D eigenvalue weighted by molar-refractivity contribution is 5.88. The molecule has 8 nitrogen and oxygen atoms in total. The van der Waals surface area contributed by atoms with E-state index in [1.165, 1.54) is 23.9 Å². The van der Waals surface area contributed by atoms with Crippen LogP contribution in [0.3, 0.4) is 0 Å². The van der Waals surface area contributed by atoms with Crippen molar-refractivity contribution in [1.29, 1.82) is 0 Å². The smallest absolute Gasteiger partial charge is 0.128 e. The Morgan fingerprint density at radius 2 is 1.84 bits per heavy atom. The predicted octanol–water partition coefficient (Wildman–Crippen LogP) is 3.55. The lowest BCUT2D eigenvalue weighted by molar-refractivity contribution is 0.312. The monoisotopic (exact) mass is 492 g/mol. The van der Waals surface area contributed by atoms with Gasteiger partial charge >= 0.3 is 0 Å². The van der Waals surface area contributed by atoms with E-state index in [0.29, 0.717) is 6.04 Å². The maximum atomic E-state index is 5.09. The van der Waals surface area contributed by atoms with E-state index in [-0.39, 0.29) is 0 Å². The Hall–Kier alpha value is -3.62. The number of benzene rings is 1. The fraction of sp³-hybridized carbons (Fsp3) is 0.379. The SMILES string of the molecule is CN1CCN(c2ccc(-c3cnc4c(n3)C(c3ccc5ncn(C6CCCNC6)c5c3)=CC4)cn2)CC1. The number of fused-ring (bicyclic) bond motifs is 2. The Morgan fingerprint density at radius 1 is 0.946 bits per heavy atom. The molecule has 37 heavy (non-hydrogen) atoms. The summed E-state index contributed by atoms with van der Waals surface area (Å²) in [5, 5.41) is 3.53. The number of anilines is 1. The molecule has 3 aliphatic rings. The molecule has 2 aliphatic heterocycles. The second-order valence-electron chi connectivity index (χ2n) is 10.4. The fourth-order valence-corrected chi connectivity index (χ4v) is 5.78. The first-order valence-electron chi connectivity index (χ1n) is 13.4. The average molecular weight is 493 g/mol. The molecule has 3 aromatic heterocycles. The summed E-state index contributed by atoms with van der Waals surface area (Å²) in [6.45, 7) is 6.26. The molecule has 0 bridgehead atoms. The molecule has 5 heterocycles. The number of likely N-dealkylation sites (N-methyl/N-ethyl adjacent to an activating group) is 1. The molecule has 1 unspecified atom stereocenters. The van der Waals surface area contributed by atoms with Gasteiger partial charge in [0.1, 0.15) is 5.82 Å². The zero-order chi connectivity index (χ0) is 24.8.